The molecule has 0 radical (unpaired) electrons. The van der Waals surface area contributed by atoms with Crippen LogP contribution in [0.5, 0.6) is 0 Å². The standard InChI is InChI=1S/C24H25NO5/c1-23(2)24(21(26)27)14-25(11-15(24)12-30-23)22(28)29-13-20-18-9-5-3-7-16(18)17-8-4-6-10-19(17)20/h3-10,15,20H,11-14H2,1-2H3,(H,26,27). The molecule has 2 aromatic rings. The van der Waals surface area contributed by atoms with Crippen LogP contribution in [-0.2, 0) is 14.3 Å². The smallest absolute Gasteiger partial charge is 0.409 e. The summed E-state index contributed by atoms with van der Waals surface area (Å²) in [6.45, 7) is 4.61. The van der Waals surface area contributed by atoms with Gasteiger partial charge in [0.25, 0.3) is 0 Å². The molecule has 1 aliphatic carbocycles. The molecule has 2 saturated heterocycles. The number of nitrogens with zero attached hydrogens (tertiary/aromatic N) is 1. The van der Waals surface area contributed by atoms with Crippen molar-refractivity contribution in [3.8, 4) is 11.1 Å². The number of fused-ring (bicyclic) bond motifs is 4. The normalized spacial score (nSPS) is 26.2. The third kappa shape index (κ3) is 2.53. The first-order valence-corrected chi connectivity index (χ1v) is 10.3. The number of amides is 1. The molecule has 1 N–H and O–H groups in total. The van der Waals surface area contributed by atoms with E-state index in [0.717, 1.165) is 11.1 Å². The van der Waals surface area contributed by atoms with E-state index in [0.29, 0.717) is 13.2 Å². The second-order valence-electron chi connectivity index (χ2n) is 8.98. The summed E-state index contributed by atoms with van der Waals surface area (Å²) < 4.78 is 11.5. The van der Waals surface area contributed by atoms with Crippen LogP contribution < -0.4 is 0 Å². The number of carboxylic acid groups (broad SMARTS) is 1. The Bertz CT molecular complexity index is 986. The fourth-order valence-electron chi connectivity index (χ4n) is 5.56. The summed E-state index contributed by atoms with van der Waals surface area (Å²) in [6, 6.07) is 16.4. The van der Waals surface area contributed by atoms with Crippen LogP contribution in [0.3, 0.4) is 0 Å². The zero-order valence-electron chi connectivity index (χ0n) is 17.1. The molecule has 1 amide bonds. The van der Waals surface area contributed by atoms with Crippen LogP contribution >= 0.6 is 0 Å². The Labute approximate surface area is 175 Å². The monoisotopic (exact) mass is 407 g/mol. The third-order valence-corrected chi connectivity index (χ3v) is 7.27. The molecule has 2 aromatic carbocycles. The molecule has 2 fully saturated rings. The van der Waals surface area contributed by atoms with Crippen molar-refractivity contribution < 1.29 is 24.2 Å². The van der Waals surface area contributed by atoms with E-state index in [1.807, 2.05) is 24.3 Å². The van der Waals surface area contributed by atoms with Crippen LogP contribution in [-0.4, -0.2) is 54.0 Å². The zero-order chi connectivity index (χ0) is 21.1. The van der Waals surface area contributed by atoms with Gasteiger partial charge in [0.15, 0.2) is 0 Å². The number of aliphatic carboxylic acids is 1. The van der Waals surface area contributed by atoms with Crippen molar-refractivity contribution >= 4 is 12.1 Å². The molecule has 30 heavy (non-hydrogen) atoms. The Kier molecular flexibility index (Phi) is 4.19. The van der Waals surface area contributed by atoms with E-state index in [2.05, 4.69) is 24.3 Å². The number of hydrogen-bond donors (Lipinski definition) is 1. The molecule has 2 aliphatic heterocycles. The fraction of sp³-hybridized carbons (Fsp3) is 0.417. The lowest BCUT2D eigenvalue weighted by molar-refractivity contribution is -0.158. The summed E-state index contributed by atoms with van der Waals surface area (Å²) in [5.74, 6) is -1.16. The van der Waals surface area contributed by atoms with Gasteiger partial charge >= 0.3 is 12.1 Å². The number of carboxylic acids is 1. The van der Waals surface area contributed by atoms with Crippen LogP contribution in [0.1, 0.15) is 30.9 Å². The molecule has 3 aliphatic rings. The molecule has 6 heteroatoms. The van der Waals surface area contributed by atoms with Gasteiger partial charge < -0.3 is 19.5 Å². The van der Waals surface area contributed by atoms with Crippen LogP contribution in [0.2, 0.25) is 0 Å². The van der Waals surface area contributed by atoms with E-state index in [1.54, 1.807) is 13.8 Å². The first-order valence-electron chi connectivity index (χ1n) is 10.3. The number of hydrogen-bond acceptors (Lipinski definition) is 4. The van der Waals surface area contributed by atoms with E-state index in [-0.39, 0.29) is 25.0 Å². The molecule has 2 atom stereocenters. The van der Waals surface area contributed by atoms with E-state index >= 15 is 0 Å². The highest BCUT2D eigenvalue weighted by Gasteiger charge is 2.66. The summed E-state index contributed by atoms with van der Waals surface area (Å²) >= 11 is 0. The lowest BCUT2D eigenvalue weighted by Gasteiger charge is -2.35. The van der Waals surface area contributed by atoms with Gasteiger partial charge in [-0.2, -0.15) is 0 Å². The number of carbonyl (C=O) groups is 2. The molecular weight excluding hydrogens is 382 g/mol. The molecular formula is C24H25NO5. The maximum absolute atomic E-state index is 12.9. The first kappa shape index (κ1) is 19.1. The topological polar surface area (TPSA) is 76.1 Å². The van der Waals surface area contributed by atoms with Gasteiger partial charge in [0.1, 0.15) is 12.0 Å². The quantitative estimate of drug-likeness (QED) is 0.839. The molecule has 0 saturated carbocycles. The fourth-order valence-corrected chi connectivity index (χ4v) is 5.56. The highest BCUT2D eigenvalue weighted by molar-refractivity contribution is 5.81. The Hall–Kier alpha value is -2.86. The van der Waals surface area contributed by atoms with Crippen molar-refractivity contribution in [3.05, 3.63) is 59.7 Å². The summed E-state index contributed by atoms with van der Waals surface area (Å²) in [6.07, 6.45) is -0.456. The van der Waals surface area contributed by atoms with Crippen molar-refractivity contribution in [1.82, 2.24) is 4.90 Å². The largest absolute Gasteiger partial charge is 0.481 e. The highest BCUT2D eigenvalue weighted by Crippen LogP contribution is 2.52. The van der Waals surface area contributed by atoms with E-state index in [1.165, 1.54) is 16.0 Å². The van der Waals surface area contributed by atoms with Gasteiger partial charge in [-0.1, -0.05) is 48.5 Å². The SMILES string of the molecule is CC1(C)OCC2CN(C(=O)OCC3c4ccccc4-c4ccccc43)CC21C(=O)O. The highest BCUT2D eigenvalue weighted by atomic mass is 16.6. The van der Waals surface area contributed by atoms with E-state index in [4.69, 9.17) is 9.47 Å². The maximum atomic E-state index is 12.9. The number of benzene rings is 2. The lowest BCUT2D eigenvalue weighted by Crippen LogP contribution is -2.51. The van der Waals surface area contributed by atoms with Crippen molar-refractivity contribution in [3.63, 3.8) is 0 Å². The van der Waals surface area contributed by atoms with Crippen molar-refractivity contribution in [1.29, 1.82) is 0 Å². The minimum Gasteiger partial charge on any atom is -0.481 e. The number of rotatable bonds is 3. The molecule has 0 spiro atoms. The molecule has 5 rings (SSSR count). The molecule has 156 valence electrons. The van der Waals surface area contributed by atoms with Gasteiger partial charge in [0.2, 0.25) is 0 Å². The predicted octanol–water partition coefficient (Wildman–Crippen LogP) is 3.75. The van der Waals surface area contributed by atoms with Crippen LogP contribution in [0.4, 0.5) is 4.79 Å². The average Bonchev–Trinajstić information content (AvgIpc) is 3.35. The average molecular weight is 407 g/mol. The number of carbonyl (C=O) groups excluding carboxylic acids is 1. The number of likely N-dealkylation sites (tertiary alicyclic amines) is 1. The van der Waals surface area contributed by atoms with Gasteiger partial charge in [0.05, 0.1) is 12.2 Å². The van der Waals surface area contributed by atoms with Gasteiger partial charge in [-0.05, 0) is 36.1 Å². The van der Waals surface area contributed by atoms with Gasteiger partial charge in [-0.15, -0.1) is 0 Å². The molecule has 0 aromatic heterocycles. The maximum Gasteiger partial charge on any atom is 0.409 e. The van der Waals surface area contributed by atoms with Crippen molar-refractivity contribution in [2.75, 3.05) is 26.3 Å². The van der Waals surface area contributed by atoms with Crippen molar-refractivity contribution in [2.24, 2.45) is 11.3 Å². The lowest BCUT2D eigenvalue weighted by atomic mass is 9.69. The zero-order valence-corrected chi connectivity index (χ0v) is 17.1. The van der Waals surface area contributed by atoms with Gasteiger partial charge in [0, 0.05) is 24.9 Å². The first-order chi connectivity index (χ1) is 14.3. The van der Waals surface area contributed by atoms with Crippen LogP contribution in [0.25, 0.3) is 11.1 Å². The number of ether oxygens (including phenoxy) is 2. The second kappa shape index (κ2) is 6.57. The summed E-state index contributed by atoms with van der Waals surface area (Å²) in [5, 5.41) is 9.97. The minimum absolute atomic E-state index is 0.0170. The summed E-state index contributed by atoms with van der Waals surface area (Å²) in [7, 11) is 0. The van der Waals surface area contributed by atoms with Gasteiger partial charge in [-0.25, -0.2) is 4.79 Å². The predicted molar refractivity (Wildman–Crippen MR) is 110 cm³/mol. The van der Waals surface area contributed by atoms with Gasteiger partial charge in [-0.3, -0.25) is 4.79 Å². The summed E-state index contributed by atoms with van der Waals surface area (Å²) in [5.41, 5.74) is 2.73. The Morgan fingerprint density at radius 3 is 2.27 bits per heavy atom. The molecule has 0 bridgehead atoms. The van der Waals surface area contributed by atoms with E-state index in [9.17, 15) is 14.7 Å². The Morgan fingerprint density at radius 2 is 1.70 bits per heavy atom. The van der Waals surface area contributed by atoms with Crippen molar-refractivity contribution in [2.45, 2.75) is 25.4 Å². The van der Waals surface area contributed by atoms with Crippen LogP contribution in [0, 0.1) is 11.3 Å². The summed E-state index contributed by atoms with van der Waals surface area (Å²) in [4.78, 5) is 26.6. The van der Waals surface area contributed by atoms with E-state index < -0.39 is 23.1 Å². The Morgan fingerprint density at radius 1 is 1.10 bits per heavy atom. The Balaban J connectivity index is 1.34. The second-order valence-corrected chi connectivity index (χ2v) is 8.98. The molecule has 2 unspecified atom stereocenters. The molecule has 6 nitrogen and oxygen atoms in total. The van der Waals surface area contributed by atoms with Crippen LogP contribution in [0.15, 0.2) is 48.5 Å². The third-order valence-electron chi connectivity index (χ3n) is 7.27. The minimum atomic E-state index is -1.10. The molecule has 2 heterocycles.